The van der Waals surface area contributed by atoms with Gasteiger partial charge >= 0.3 is 6.18 Å². The Hall–Kier alpha value is -0.290. The van der Waals surface area contributed by atoms with Gasteiger partial charge in [0.15, 0.2) is 0 Å². The summed E-state index contributed by atoms with van der Waals surface area (Å²) in [5.41, 5.74) is 0. The van der Waals surface area contributed by atoms with E-state index in [1.807, 2.05) is 0 Å². The van der Waals surface area contributed by atoms with Crippen LogP contribution >= 0.6 is 0 Å². The molecule has 1 aliphatic carbocycles. The minimum atomic E-state index is -4.20. The number of hydrogen-bond donors (Lipinski definition) is 2. The van der Waals surface area contributed by atoms with Crippen molar-refractivity contribution in [1.29, 1.82) is 0 Å². The lowest BCUT2D eigenvalue weighted by molar-refractivity contribution is -0.127. The summed E-state index contributed by atoms with van der Waals surface area (Å²) >= 11 is 0. The average Bonchev–Trinajstić information content (AvgIpc) is 2.19. The average molecular weight is 253 g/mol. The second-order valence-corrected chi connectivity index (χ2v) is 4.89. The molecule has 0 spiro atoms. The highest BCUT2D eigenvalue weighted by molar-refractivity contribution is 4.78. The van der Waals surface area contributed by atoms with Crippen molar-refractivity contribution in [2.45, 2.75) is 57.2 Å². The van der Waals surface area contributed by atoms with Crippen LogP contribution in [0, 0.1) is 5.92 Å². The normalized spacial score (nSPS) is 21.9. The standard InChI is InChI=1S/C12H22F3NO/c13-12(14,15)9-16-11(8-17)10-6-4-2-1-3-5-7-10/h10-11,16-17H,1-9H2. The predicted molar refractivity (Wildman–Crippen MR) is 60.7 cm³/mol. The summed E-state index contributed by atoms with van der Waals surface area (Å²) in [6.45, 7) is -1.21. The summed E-state index contributed by atoms with van der Waals surface area (Å²) in [4.78, 5) is 0. The van der Waals surface area contributed by atoms with Crippen molar-refractivity contribution in [2.24, 2.45) is 5.92 Å². The fraction of sp³-hybridized carbons (Fsp3) is 1.00. The predicted octanol–water partition coefficient (Wildman–Crippen LogP) is 2.86. The molecule has 0 aromatic rings. The molecule has 0 saturated heterocycles. The van der Waals surface area contributed by atoms with Gasteiger partial charge in [-0.25, -0.2) is 0 Å². The molecule has 2 N–H and O–H groups in total. The number of nitrogens with one attached hydrogen (secondary N) is 1. The van der Waals surface area contributed by atoms with Crippen LogP contribution in [-0.2, 0) is 0 Å². The number of aliphatic hydroxyl groups excluding tert-OH is 1. The molecular formula is C12H22F3NO. The molecule has 1 aliphatic rings. The van der Waals surface area contributed by atoms with Gasteiger partial charge in [-0.1, -0.05) is 32.1 Å². The van der Waals surface area contributed by atoms with Gasteiger partial charge in [0.25, 0.3) is 0 Å². The molecule has 0 aromatic heterocycles. The van der Waals surface area contributed by atoms with E-state index in [1.165, 1.54) is 6.42 Å². The van der Waals surface area contributed by atoms with Crippen LogP contribution in [0.1, 0.15) is 44.9 Å². The third-order valence-electron chi connectivity index (χ3n) is 3.48. The molecule has 0 heterocycles. The van der Waals surface area contributed by atoms with E-state index in [0.717, 1.165) is 38.5 Å². The van der Waals surface area contributed by atoms with Gasteiger partial charge in [-0.05, 0) is 18.8 Å². The molecule has 17 heavy (non-hydrogen) atoms. The number of rotatable bonds is 4. The molecule has 0 aromatic carbocycles. The monoisotopic (exact) mass is 253 g/mol. The minimum Gasteiger partial charge on any atom is -0.395 e. The lowest BCUT2D eigenvalue weighted by Gasteiger charge is -2.28. The van der Waals surface area contributed by atoms with Crippen LogP contribution < -0.4 is 5.32 Å². The van der Waals surface area contributed by atoms with Crippen molar-refractivity contribution < 1.29 is 18.3 Å². The first-order valence-electron chi connectivity index (χ1n) is 6.44. The molecule has 0 bridgehead atoms. The maximum absolute atomic E-state index is 12.1. The van der Waals surface area contributed by atoms with Crippen molar-refractivity contribution in [3.63, 3.8) is 0 Å². The second-order valence-electron chi connectivity index (χ2n) is 4.89. The van der Waals surface area contributed by atoms with Crippen LogP contribution in [0.3, 0.4) is 0 Å². The van der Waals surface area contributed by atoms with Crippen LogP contribution in [0.5, 0.6) is 0 Å². The van der Waals surface area contributed by atoms with Gasteiger partial charge in [0.1, 0.15) is 0 Å². The first-order valence-corrected chi connectivity index (χ1v) is 6.44. The Labute approximate surface area is 101 Å². The fourth-order valence-electron chi connectivity index (χ4n) is 2.52. The molecule has 5 heteroatoms. The lowest BCUT2D eigenvalue weighted by Crippen LogP contribution is -2.44. The molecule has 1 rings (SSSR count). The van der Waals surface area contributed by atoms with Crippen LogP contribution in [-0.4, -0.2) is 30.5 Å². The van der Waals surface area contributed by atoms with E-state index in [1.54, 1.807) is 0 Å². The fourth-order valence-corrected chi connectivity index (χ4v) is 2.52. The minimum absolute atomic E-state index is 0.183. The number of alkyl halides is 3. The molecule has 0 radical (unpaired) electrons. The molecule has 102 valence electrons. The highest BCUT2D eigenvalue weighted by atomic mass is 19.4. The molecule has 1 saturated carbocycles. The van der Waals surface area contributed by atoms with Crippen molar-refractivity contribution >= 4 is 0 Å². The summed E-state index contributed by atoms with van der Waals surface area (Å²) in [5, 5.41) is 11.7. The zero-order chi connectivity index (χ0) is 12.7. The highest BCUT2D eigenvalue weighted by Gasteiger charge is 2.30. The van der Waals surface area contributed by atoms with Gasteiger partial charge in [0.2, 0.25) is 0 Å². The Morgan fingerprint density at radius 2 is 1.59 bits per heavy atom. The number of hydrogen-bond acceptors (Lipinski definition) is 2. The van der Waals surface area contributed by atoms with Crippen molar-refractivity contribution in [2.75, 3.05) is 13.2 Å². The summed E-state index contributed by atoms with van der Waals surface area (Å²) in [6, 6.07) is -0.408. The topological polar surface area (TPSA) is 32.3 Å². The van der Waals surface area contributed by atoms with Crippen molar-refractivity contribution in [3.05, 3.63) is 0 Å². The van der Waals surface area contributed by atoms with Gasteiger partial charge in [-0.3, -0.25) is 0 Å². The van der Waals surface area contributed by atoms with E-state index in [9.17, 15) is 18.3 Å². The smallest absolute Gasteiger partial charge is 0.395 e. The second kappa shape index (κ2) is 7.21. The van der Waals surface area contributed by atoms with Gasteiger partial charge in [0.05, 0.1) is 13.2 Å². The largest absolute Gasteiger partial charge is 0.401 e. The zero-order valence-corrected chi connectivity index (χ0v) is 10.1. The Morgan fingerprint density at radius 1 is 1.06 bits per heavy atom. The SMILES string of the molecule is OCC(NCC(F)(F)F)C1CCCCCCC1. The van der Waals surface area contributed by atoms with Crippen molar-refractivity contribution in [1.82, 2.24) is 5.32 Å². The Balaban J connectivity index is 2.40. The van der Waals surface area contributed by atoms with Crippen molar-refractivity contribution in [3.8, 4) is 0 Å². The molecule has 2 nitrogen and oxygen atoms in total. The Kier molecular flexibility index (Phi) is 6.27. The third-order valence-corrected chi connectivity index (χ3v) is 3.48. The van der Waals surface area contributed by atoms with Crippen LogP contribution in [0.2, 0.25) is 0 Å². The highest BCUT2D eigenvalue weighted by Crippen LogP contribution is 2.25. The van der Waals surface area contributed by atoms with Crippen LogP contribution in [0.4, 0.5) is 13.2 Å². The van der Waals surface area contributed by atoms with E-state index < -0.39 is 18.8 Å². The van der Waals surface area contributed by atoms with E-state index in [2.05, 4.69) is 5.32 Å². The molecule has 0 amide bonds. The molecule has 1 unspecified atom stereocenters. The first-order chi connectivity index (χ1) is 8.03. The molecule has 1 fully saturated rings. The maximum atomic E-state index is 12.1. The first kappa shape index (κ1) is 14.8. The molecule has 0 aliphatic heterocycles. The van der Waals surface area contributed by atoms with Gasteiger partial charge in [-0.2, -0.15) is 13.2 Å². The van der Waals surface area contributed by atoms with Gasteiger partial charge in [-0.15, -0.1) is 0 Å². The maximum Gasteiger partial charge on any atom is 0.401 e. The number of halogens is 3. The molecule has 1 atom stereocenters. The lowest BCUT2D eigenvalue weighted by atomic mass is 9.86. The summed E-state index contributed by atoms with van der Waals surface area (Å²) < 4.78 is 36.4. The summed E-state index contributed by atoms with van der Waals surface area (Å²) in [7, 11) is 0. The van der Waals surface area contributed by atoms with E-state index in [4.69, 9.17) is 0 Å². The third kappa shape index (κ3) is 6.27. The van der Waals surface area contributed by atoms with E-state index in [0.29, 0.717) is 0 Å². The van der Waals surface area contributed by atoms with Crippen LogP contribution in [0.15, 0.2) is 0 Å². The zero-order valence-electron chi connectivity index (χ0n) is 10.1. The van der Waals surface area contributed by atoms with Gasteiger partial charge in [0, 0.05) is 6.04 Å². The van der Waals surface area contributed by atoms with E-state index >= 15 is 0 Å². The molecular weight excluding hydrogens is 231 g/mol. The Bertz CT molecular complexity index is 200. The van der Waals surface area contributed by atoms with Crippen LogP contribution in [0.25, 0.3) is 0 Å². The Morgan fingerprint density at radius 3 is 2.06 bits per heavy atom. The quantitative estimate of drug-likeness (QED) is 0.807. The van der Waals surface area contributed by atoms with Gasteiger partial charge < -0.3 is 10.4 Å². The number of aliphatic hydroxyl groups is 1. The van der Waals surface area contributed by atoms with E-state index in [-0.39, 0.29) is 12.5 Å². The summed E-state index contributed by atoms with van der Waals surface area (Å²) in [5.74, 6) is 0.183. The summed E-state index contributed by atoms with van der Waals surface area (Å²) in [6.07, 6.45) is 3.33.